The molecule has 0 saturated carbocycles. The highest BCUT2D eigenvalue weighted by molar-refractivity contribution is 4.42. The van der Waals surface area contributed by atoms with E-state index in [0.717, 1.165) is 32.7 Å². The molecule has 0 radical (unpaired) electrons. The van der Waals surface area contributed by atoms with Gasteiger partial charge >= 0.3 is 0 Å². The molecule has 0 aromatic carbocycles. The molecule has 0 aliphatic heterocycles. The van der Waals surface area contributed by atoms with Gasteiger partial charge in [0.25, 0.3) is 0 Å². The van der Waals surface area contributed by atoms with Gasteiger partial charge in [0, 0.05) is 19.8 Å². The number of aliphatic hydroxyl groups is 3. The van der Waals surface area contributed by atoms with E-state index in [-0.39, 0.29) is 19.8 Å². The molecular weight excluding hydrogens is 320 g/mol. The predicted molar refractivity (Wildman–Crippen MR) is 106 cm³/mol. The molecule has 0 unspecified atom stereocenters. The van der Waals surface area contributed by atoms with Crippen LogP contribution in [0.5, 0.6) is 0 Å². The second kappa shape index (κ2) is 35.0. The summed E-state index contributed by atoms with van der Waals surface area (Å²) in [4.78, 5) is 0. The van der Waals surface area contributed by atoms with Gasteiger partial charge in [-0.15, -0.1) is 0 Å². The van der Waals surface area contributed by atoms with Gasteiger partial charge in [-0.1, -0.05) is 65.7 Å². The second-order valence-corrected chi connectivity index (χ2v) is 5.87. The van der Waals surface area contributed by atoms with Crippen LogP contribution < -0.4 is 0 Å². The number of aliphatic hydroxyl groups excluding tert-OH is 3. The minimum absolute atomic E-state index is 0.125. The van der Waals surface area contributed by atoms with Gasteiger partial charge in [-0.25, -0.2) is 0 Å². The van der Waals surface area contributed by atoms with Crippen LogP contribution in [-0.2, 0) is 9.47 Å². The standard InChI is InChI=1S/C12H26O.C6H14O2.C2H6O2/c1-3-5-7-9-11-13-12-10-8-6-4-2;1-2-3-5-8-6-4-7;3-1-2-4/h3-12H2,1-2H3;7H,2-6H2,1H3;3-4H,1-2H2. The highest BCUT2D eigenvalue weighted by atomic mass is 16.5. The normalized spacial score (nSPS) is 9.84. The number of hydrogen-bond acceptors (Lipinski definition) is 5. The van der Waals surface area contributed by atoms with Gasteiger partial charge in [-0.05, 0) is 19.3 Å². The van der Waals surface area contributed by atoms with Crippen molar-refractivity contribution in [3.05, 3.63) is 0 Å². The summed E-state index contributed by atoms with van der Waals surface area (Å²) >= 11 is 0. The first-order valence-corrected chi connectivity index (χ1v) is 10.2. The Kier molecular flexibility index (Phi) is 41.4. The molecule has 0 aliphatic rings. The van der Waals surface area contributed by atoms with Crippen molar-refractivity contribution in [2.45, 2.75) is 85.0 Å². The van der Waals surface area contributed by atoms with Crippen LogP contribution in [0.1, 0.15) is 85.0 Å². The molecule has 0 fully saturated rings. The smallest absolute Gasteiger partial charge is 0.0697 e. The summed E-state index contributed by atoms with van der Waals surface area (Å²) < 4.78 is 10.5. The SMILES string of the molecule is CCCCCCOCCCCCC.CCCCOCCO.OCCO. The van der Waals surface area contributed by atoms with E-state index < -0.39 is 0 Å². The summed E-state index contributed by atoms with van der Waals surface area (Å²) in [6.45, 7) is 9.72. The fraction of sp³-hybridized carbons (Fsp3) is 1.00. The molecule has 0 aromatic heterocycles. The largest absolute Gasteiger partial charge is 0.394 e. The van der Waals surface area contributed by atoms with Crippen molar-refractivity contribution < 1.29 is 24.8 Å². The summed E-state index contributed by atoms with van der Waals surface area (Å²) in [7, 11) is 0. The lowest BCUT2D eigenvalue weighted by molar-refractivity contribution is 0.0904. The van der Waals surface area contributed by atoms with Crippen molar-refractivity contribution in [3.63, 3.8) is 0 Å². The Balaban J connectivity index is -0.000000342. The Morgan fingerprint density at radius 3 is 1.20 bits per heavy atom. The molecule has 0 atom stereocenters. The monoisotopic (exact) mass is 366 g/mol. The zero-order valence-corrected chi connectivity index (χ0v) is 17.2. The molecule has 0 bridgehead atoms. The van der Waals surface area contributed by atoms with E-state index in [9.17, 15) is 0 Å². The second-order valence-electron chi connectivity index (χ2n) is 5.87. The Morgan fingerprint density at radius 1 is 0.440 bits per heavy atom. The molecule has 0 aromatic rings. The minimum Gasteiger partial charge on any atom is -0.394 e. The molecule has 3 N–H and O–H groups in total. The highest BCUT2D eigenvalue weighted by Gasteiger charge is 1.90. The van der Waals surface area contributed by atoms with Crippen molar-refractivity contribution in [3.8, 4) is 0 Å². The summed E-state index contributed by atoms with van der Waals surface area (Å²) in [6.07, 6.45) is 12.8. The molecule has 0 amide bonds. The first-order valence-electron chi connectivity index (χ1n) is 10.2. The minimum atomic E-state index is -0.125. The van der Waals surface area contributed by atoms with Crippen LogP contribution in [-0.4, -0.2) is 61.6 Å². The lowest BCUT2D eigenvalue weighted by Crippen LogP contribution is -1.99. The van der Waals surface area contributed by atoms with Gasteiger partial charge in [-0.2, -0.15) is 0 Å². The third kappa shape index (κ3) is 45.3. The van der Waals surface area contributed by atoms with Crippen LogP contribution in [0.3, 0.4) is 0 Å². The van der Waals surface area contributed by atoms with Crippen LogP contribution in [0.25, 0.3) is 0 Å². The van der Waals surface area contributed by atoms with Crippen LogP contribution in [0.15, 0.2) is 0 Å². The molecule has 0 aliphatic carbocycles. The van der Waals surface area contributed by atoms with Gasteiger partial charge in [-0.3, -0.25) is 0 Å². The predicted octanol–water partition coefficient (Wildman–Crippen LogP) is 3.93. The molecule has 156 valence electrons. The first-order chi connectivity index (χ1) is 12.2. The highest BCUT2D eigenvalue weighted by Crippen LogP contribution is 2.01. The summed E-state index contributed by atoms with van der Waals surface area (Å²) in [5.74, 6) is 0. The van der Waals surface area contributed by atoms with E-state index in [2.05, 4.69) is 20.8 Å². The zero-order valence-electron chi connectivity index (χ0n) is 17.2. The van der Waals surface area contributed by atoms with Crippen molar-refractivity contribution in [2.24, 2.45) is 0 Å². The number of ether oxygens (including phenoxy) is 2. The molecule has 0 saturated heterocycles. The maximum Gasteiger partial charge on any atom is 0.0697 e. The van der Waals surface area contributed by atoms with E-state index in [4.69, 9.17) is 24.8 Å². The fourth-order valence-corrected chi connectivity index (χ4v) is 1.78. The van der Waals surface area contributed by atoms with Gasteiger partial charge in [0.1, 0.15) is 0 Å². The van der Waals surface area contributed by atoms with E-state index in [0.29, 0.717) is 6.61 Å². The van der Waals surface area contributed by atoms with Crippen LogP contribution in [0.2, 0.25) is 0 Å². The van der Waals surface area contributed by atoms with Crippen molar-refractivity contribution >= 4 is 0 Å². The average Bonchev–Trinajstić information content (AvgIpc) is 2.65. The Hall–Kier alpha value is -0.200. The van der Waals surface area contributed by atoms with Crippen molar-refractivity contribution in [1.82, 2.24) is 0 Å². The quantitative estimate of drug-likeness (QED) is 0.361. The topological polar surface area (TPSA) is 79.2 Å². The number of hydrogen-bond donors (Lipinski definition) is 3. The van der Waals surface area contributed by atoms with Crippen LogP contribution >= 0.6 is 0 Å². The zero-order chi connectivity index (χ0) is 19.4. The molecule has 0 rings (SSSR count). The van der Waals surface area contributed by atoms with Gasteiger partial charge in [0.05, 0.1) is 26.4 Å². The molecule has 0 heterocycles. The fourth-order valence-electron chi connectivity index (χ4n) is 1.78. The number of rotatable bonds is 16. The first kappa shape index (κ1) is 29.6. The van der Waals surface area contributed by atoms with Gasteiger partial charge in [0.15, 0.2) is 0 Å². The van der Waals surface area contributed by atoms with E-state index in [1.807, 2.05) is 0 Å². The van der Waals surface area contributed by atoms with E-state index >= 15 is 0 Å². The molecule has 0 spiro atoms. The Labute approximate surface area is 156 Å². The lowest BCUT2D eigenvalue weighted by Gasteiger charge is -2.03. The van der Waals surface area contributed by atoms with Gasteiger partial charge in [0.2, 0.25) is 0 Å². The Bertz CT molecular complexity index is 161. The summed E-state index contributed by atoms with van der Waals surface area (Å²) in [5, 5.41) is 23.5. The Morgan fingerprint density at radius 2 is 0.840 bits per heavy atom. The van der Waals surface area contributed by atoms with Gasteiger partial charge < -0.3 is 24.8 Å². The van der Waals surface area contributed by atoms with Crippen LogP contribution in [0, 0.1) is 0 Å². The van der Waals surface area contributed by atoms with Crippen LogP contribution in [0.4, 0.5) is 0 Å². The molecule has 5 nitrogen and oxygen atoms in total. The summed E-state index contributed by atoms with van der Waals surface area (Å²) in [5.41, 5.74) is 0. The summed E-state index contributed by atoms with van der Waals surface area (Å²) in [6, 6.07) is 0. The number of unbranched alkanes of at least 4 members (excludes halogenated alkanes) is 7. The molecule has 25 heavy (non-hydrogen) atoms. The maximum absolute atomic E-state index is 8.24. The third-order valence-electron chi connectivity index (χ3n) is 3.26. The maximum atomic E-state index is 8.24. The molecular formula is C20H46O5. The van der Waals surface area contributed by atoms with Crippen molar-refractivity contribution in [1.29, 1.82) is 0 Å². The third-order valence-corrected chi connectivity index (χ3v) is 3.26. The van der Waals surface area contributed by atoms with Crippen molar-refractivity contribution in [2.75, 3.05) is 46.2 Å². The lowest BCUT2D eigenvalue weighted by atomic mass is 10.2. The van der Waals surface area contributed by atoms with E-state index in [1.54, 1.807) is 0 Å². The van der Waals surface area contributed by atoms with E-state index in [1.165, 1.54) is 51.4 Å². The average molecular weight is 367 g/mol. The molecule has 5 heteroatoms.